The van der Waals surface area contributed by atoms with E-state index < -0.39 is 12.0 Å². The lowest BCUT2D eigenvalue weighted by atomic mass is 10.1. The van der Waals surface area contributed by atoms with Crippen molar-refractivity contribution in [1.29, 1.82) is 0 Å². The number of likely N-dealkylation sites (N-methyl/N-ethyl adjacent to an activating group) is 1. The van der Waals surface area contributed by atoms with Crippen molar-refractivity contribution in [3.63, 3.8) is 0 Å². The Labute approximate surface area is 107 Å². The summed E-state index contributed by atoms with van der Waals surface area (Å²) in [6, 6.07) is 6.04. The van der Waals surface area contributed by atoms with Gasteiger partial charge in [0.2, 0.25) is 0 Å². The fraction of sp³-hybridized carbons (Fsp3) is 0.500. The number of hydrogen-bond donors (Lipinski definition) is 3. The minimum atomic E-state index is -0.820. The van der Waals surface area contributed by atoms with E-state index in [1.54, 1.807) is 7.05 Å². The predicted molar refractivity (Wildman–Crippen MR) is 70.7 cm³/mol. The molecular weight excluding hydrogens is 228 g/mol. The van der Waals surface area contributed by atoms with Crippen LogP contribution in [0.3, 0.4) is 0 Å². The molecule has 1 aromatic carbocycles. The maximum atomic E-state index is 10.8. The summed E-state index contributed by atoms with van der Waals surface area (Å²) in [5, 5.41) is 14.8. The Morgan fingerprint density at radius 1 is 1.39 bits per heavy atom. The van der Waals surface area contributed by atoms with Gasteiger partial charge in [0, 0.05) is 13.1 Å². The van der Waals surface area contributed by atoms with E-state index in [1.165, 1.54) is 36.0 Å². The Hall–Kier alpha value is -1.39. The van der Waals surface area contributed by atoms with Gasteiger partial charge in [-0.2, -0.15) is 0 Å². The van der Waals surface area contributed by atoms with Crippen LogP contribution < -0.4 is 10.6 Å². The molecular formula is C14H20N2O2. The van der Waals surface area contributed by atoms with Crippen LogP contribution in [0, 0.1) is 0 Å². The van der Waals surface area contributed by atoms with Crippen LogP contribution in [0.4, 0.5) is 0 Å². The van der Waals surface area contributed by atoms with Gasteiger partial charge in [0.15, 0.2) is 0 Å². The van der Waals surface area contributed by atoms with E-state index in [1.807, 2.05) is 0 Å². The average molecular weight is 248 g/mol. The molecule has 0 saturated heterocycles. The van der Waals surface area contributed by atoms with Gasteiger partial charge in [-0.1, -0.05) is 18.2 Å². The number of aryl methyl sites for hydroxylation is 2. The molecule has 0 aliphatic heterocycles. The molecule has 0 radical (unpaired) electrons. The zero-order valence-corrected chi connectivity index (χ0v) is 10.7. The van der Waals surface area contributed by atoms with E-state index in [0.717, 1.165) is 6.54 Å². The molecule has 2 rings (SSSR count). The van der Waals surface area contributed by atoms with Crippen molar-refractivity contribution in [2.45, 2.75) is 31.8 Å². The van der Waals surface area contributed by atoms with Gasteiger partial charge in [-0.25, -0.2) is 0 Å². The van der Waals surface area contributed by atoms with Crippen molar-refractivity contribution in [2.75, 3.05) is 13.6 Å². The highest BCUT2D eigenvalue weighted by Crippen LogP contribution is 2.22. The molecule has 1 unspecified atom stereocenters. The zero-order valence-electron chi connectivity index (χ0n) is 10.7. The minimum absolute atomic E-state index is 0.433. The Morgan fingerprint density at radius 2 is 2.17 bits per heavy atom. The van der Waals surface area contributed by atoms with Crippen LogP contribution in [0.1, 0.15) is 23.1 Å². The molecule has 3 N–H and O–H groups in total. The number of hydrogen-bond acceptors (Lipinski definition) is 3. The highest BCUT2D eigenvalue weighted by Gasteiger charge is 2.14. The van der Waals surface area contributed by atoms with Gasteiger partial charge in [-0.05, 0) is 43.0 Å². The summed E-state index contributed by atoms with van der Waals surface area (Å²) < 4.78 is 0. The Morgan fingerprint density at radius 3 is 2.89 bits per heavy atom. The van der Waals surface area contributed by atoms with Crippen LogP contribution in [0.2, 0.25) is 0 Å². The normalized spacial score (nSPS) is 15.4. The van der Waals surface area contributed by atoms with Crippen LogP contribution in [0.5, 0.6) is 0 Å². The third-order valence-electron chi connectivity index (χ3n) is 3.49. The van der Waals surface area contributed by atoms with Crippen molar-refractivity contribution < 1.29 is 9.90 Å². The average Bonchev–Trinajstić information content (AvgIpc) is 2.81. The van der Waals surface area contributed by atoms with Gasteiger partial charge in [-0.15, -0.1) is 0 Å². The maximum absolute atomic E-state index is 10.8. The molecule has 1 aromatic rings. The molecule has 0 spiro atoms. The largest absolute Gasteiger partial charge is 0.480 e. The van der Waals surface area contributed by atoms with Crippen molar-refractivity contribution in [2.24, 2.45) is 0 Å². The summed E-state index contributed by atoms with van der Waals surface area (Å²) in [6.45, 7) is 1.15. The van der Waals surface area contributed by atoms with Crippen LogP contribution in [-0.4, -0.2) is 30.7 Å². The summed E-state index contributed by atoms with van der Waals surface area (Å²) in [5.41, 5.74) is 4.16. The number of rotatable bonds is 6. The first-order valence-corrected chi connectivity index (χ1v) is 6.42. The number of fused-ring (bicyclic) bond motifs is 1. The van der Waals surface area contributed by atoms with Crippen LogP contribution in [0.15, 0.2) is 18.2 Å². The van der Waals surface area contributed by atoms with E-state index in [-0.39, 0.29) is 0 Å². The van der Waals surface area contributed by atoms with Crippen molar-refractivity contribution in [3.8, 4) is 0 Å². The number of carboxylic acids is 1. The van der Waals surface area contributed by atoms with Gasteiger partial charge in [0.1, 0.15) is 6.04 Å². The third kappa shape index (κ3) is 3.09. The van der Waals surface area contributed by atoms with Crippen LogP contribution in [0.25, 0.3) is 0 Å². The monoisotopic (exact) mass is 248 g/mol. The molecule has 1 atom stereocenters. The number of nitrogens with one attached hydrogen (secondary N) is 2. The molecule has 0 heterocycles. The van der Waals surface area contributed by atoms with Gasteiger partial charge in [0.25, 0.3) is 0 Å². The zero-order chi connectivity index (χ0) is 13.0. The molecule has 0 aromatic heterocycles. The first-order valence-electron chi connectivity index (χ1n) is 6.42. The van der Waals surface area contributed by atoms with E-state index in [2.05, 4.69) is 28.8 Å². The molecule has 0 bridgehead atoms. The predicted octanol–water partition coefficient (Wildman–Crippen LogP) is 0.937. The van der Waals surface area contributed by atoms with Crippen molar-refractivity contribution >= 4 is 5.97 Å². The lowest BCUT2D eigenvalue weighted by molar-refractivity contribution is -0.139. The quantitative estimate of drug-likeness (QED) is 0.701. The number of carbonyl (C=O) groups is 1. The summed E-state index contributed by atoms with van der Waals surface area (Å²) in [7, 11) is 1.66. The van der Waals surface area contributed by atoms with Crippen molar-refractivity contribution in [1.82, 2.24) is 10.6 Å². The summed E-state index contributed by atoms with van der Waals surface area (Å²) >= 11 is 0. The van der Waals surface area contributed by atoms with E-state index in [9.17, 15) is 4.79 Å². The molecule has 18 heavy (non-hydrogen) atoms. The SMILES string of the molecule is CNC(CNCc1ccc2c(c1)CCC2)C(=O)O. The number of carboxylic acid groups (broad SMARTS) is 1. The smallest absolute Gasteiger partial charge is 0.322 e. The lowest BCUT2D eigenvalue weighted by Crippen LogP contribution is -2.42. The highest BCUT2D eigenvalue weighted by atomic mass is 16.4. The minimum Gasteiger partial charge on any atom is -0.480 e. The molecule has 0 fully saturated rings. The molecule has 0 amide bonds. The highest BCUT2D eigenvalue weighted by molar-refractivity contribution is 5.73. The first kappa shape index (κ1) is 13.1. The van der Waals surface area contributed by atoms with Crippen molar-refractivity contribution in [3.05, 3.63) is 34.9 Å². The van der Waals surface area contributed by atoms with E-state index >= 15 is 0 Å². The van der Waals surface area contributed by atoms with Gasteiger partial charge in [-0.3, -0.25) is 4.79 Å². The molecule has 4 heteroatoms. The Bertz CT molecular complexity index is 432. The maximum Gasteiger partial charge on any atom is 0.322 e. The summed E-state index contributed by atoms with van der Waals surface area (Å²) in [4.78, 5) is 10.8. The molecule has 1 aliphatic carbocycles. The van der Waals surface area contributed by atoms with E-state index in [0.29, 0.717) is 6.54 Å². The summed E-state index contributed by atoms with van der Waals surface area (Å²) in [5.74, 6) is -0.820. The number of aliphatic carboxylic acids is 1. The van der Waals surface area contributed by atoms with E-state index in [4.69, 9.17) is 5.11 Å². The van der Waals surface area contributed by atoms with Gasteiger partial charge < -0.3 is 15.7 Å². The van der Waals surface area contributed by atoms with Gasteiger partial charge in [0.05, 0.1) is 0 Å². The van der Waals surface area contributed by atoms with Crippen LogP contribution >= 0.6 is 0 Å². The van der Waals surface area contributed by atoms with Gasteiger partial charge >= 0.3 is 5.97 Å². The fourth-order valence-corrected chi connectivity index (χ4v) is 2.41. The second kappa shape index (κ2) is 5.98. The second-order valence-corrected chi connectivity index (χ2v) is 4.77. The standard InChI is InChI=1S/C14H20N2O2/c1-15-13(14(17)18)9-16-8-10-5-6-11-3-2-4-12(11)7-10/h5-7,13,15-16H,2-4,8-9H2,1H3,(H,17,18). The Balaban J connectivity index is 1.85. The topological polar surface area (TPSA) is 61.4 Å². The molecule has 98 valence electrons. The first-order chi connectivity index (χ1) is 8.70. The fourth-order valence-electron chi connectivity index (χ4n) is 2.41. The third-order valence-corrected chi connectivity index (χ3v) is 3.49. The molecule has 4 nitrogen and oxygen atoms in total. The molecule has 1 aliphatic rings. The van der Waals surface area contributed by atoms with Crippen LogP contribution in [-0.2, 0) is 24.2 Å². The molecule has 0 saturated carbocycles. The number of benzene rings is 1. The Kier molecular flexibility index (Phi) is 4.33. The second-order valence-electron chi connectivity index (χ2n) is 4.77. The lowest BCUT2D eigenvalue weighted by Gasteiger charge is -2.12. The summed E-state index contributed by atoms with van der Waals surface area (Å²) in [6.07, 6.45) is 3.63.